The summed E-state index contributed by atoms with van der Waals surface area (Å²) in [5.74, 6) is -0.427. The zero-order chi connectivity index (χ0) is 29.6. The number of hydrogen-bond donors (Lipinski definition) is 1. The number of nitrogens with one attached hydrogen (secondary N) is 1. The summed E-state index contributed by atoms with van der Waals surface area (Å²) in [7, 11) is 3.58. The summed E-state index contributed by atoms with van der Waals surface area (Å²) in [6.45, 7) is 5.84. The molecule has 9 nitrogen and oxygen atoms in total. The third kappa shape index (κ3) is 8.91. The average molecular weight is 575 g/mol. The van der Waals surface area contributed by atoms with E-state index in [4.69, 9.17) is 18.9 Å². The summed E-state index contributed by atoms with van der Waals surface area (Å²) in [5.41, 5.74) is 4.20. The molecule has 1 aliphatic heterocycles. The molecule has 4 rings (SSSR count). The molecule has 1 N–H and O–H groups in total. The molecular weight excluding hydrogens is 532 g/mol. The monoisotopic (exact) mass is 574 g/mol. The first-order valence-corrected chi connectivity index (χ1v) is 14.7. The van der Waals surface area contributed by atoms with Gasteiger partial charge in [-0.2, -0.15) is 5.26 Å². The highest BCUT2D eigenvalue weighted by Gasteiger charge is 2.14. The van der Waals surface area contributed by atoms with E-state index in [0.717, 1.165) is 30.0 Å². The number of ether oxygens (including phenoxy) is 4. The lowest BCUT2D eigenvalue weighted by Gasteiger charge is -2.29. The van der Waals surface area contributed by atoms with Crippen molar-refractivity contribution >= 4 is 28.4 Å². The molecule has 2 heterocycles. The van der Waals surface area contributed by atoms with E-state index in [2.05, 4.69) is 46.6 Å². The molecule has 1 aliphatic rings. The van der Waals surface area contributed by atoms with Gasteiger partial charge in [0.2, 0.25) is 0 Å². The summed E-state index contributed by atoms with van der Waals surface area (Å²) in [6.07, 6.45) is 5.46. The zero-order valence-electron chi connectivity index (χ0n) is 24.8. The van der Waals surface area contributed by atoms with Crippen molar-refractivity contribution in [3.8, 4) is 17.3 Å². The summed E-state index contributed by atoms with van der Waals surface area (Å²) < 4.78 is 23.1. The number of methoxy groups -OCH3 is 1. The molecule has 2 aromatic carbocycles. The van der Waals surface area contributed by atoms with Crippen LogP contribution in [-0.4, -0.2) is 83.5 Å². The minimum atomic E-state index is -0.427. The Morgan fingerprint density at radius 1 is 0.881 bits per heavy atom. The Kier molecular flexibility index (Phi) is 12.4. The molecule has 0 aliphatic carbocycles. The van der Waals surface area contributed by atoms with Gasteiger partial charge >= 0.3 is 0 Å². The molecular formula is C33H42N4O5. The van der Waals surface area contributed by atoms with Crippen molar-refractivity contribution in [1.82, 2.24) is 9.88 Å². The predicted octanol–water partition coefficient (Wildman–Crippen LogP) is 4.55. The summed E-state index contributed by atoms with van der Waals surface area (Å²) in [6, 6.07) is 19.2. The summed E-state index contributed by atoms with van der Waals surface area (Å²) in [4.78, 5) is 15.1. The minimum absolute atomic E-state index is 0.0447. The fraction of sp³-hybridized carbons (Fsp3) is 0.455. The van der Waals surface area contributed by atoms with Gasteiger partial charge in [-0.15, -0.1) is 0 Å². The molecule has 1 amide bonds. The fourth-order valence-electron chi connectivity index (χ4n) is 5.02. The van der Waals surface area contributed by atoms with Crippen molar-refractivity contribution in [3.63, 3.8) is 0 Å². The van der Waals surface area contributed by atoms with Crippen LogP contribution >= 0.6 is 0 Å². The lowest BCUT2D eigenvalue weighted by molar-refractivity contribution is -0.117. The average Bonchev–Trinajstić information content (AvgIpc) is 3.39. The van der Waals surface area contributed by atoms with Crippen molar-refractivity contribution in [2.24, 2.45) is 7.05 Å². The Labute approximate surface area is 248 Å². The number of hydrogen-bond acceptors (Lipinski definition) is 7. The molecule has 0 saturated carbocycles. The van der Waals surface area contributed by atoms with Gasteiger partial charge < -0.3 is 33.7 Å². The van der Waals surface area contributed by atoms with Crippen LogP contribution in [0.5, 0.6) is 0 Å². The van der Waals surface area contributed by atoms with Gasteiger partial charge in [0.05, 0.1) is 46.2 Å². The van der Waals surface area contributed by atoms with Crippen molar-refractivity contribution in [2.75, 3.05) is 77.9 Å². The molecule has 9 heteroatoms. The first-order chi connectivity index (χ1) is 20.6. The third-order valence-corrected chi connectivity index (χ3v) is 7.37. The first kappa shape index (κ1) is 31.3. The Hall–Kier alpha value is -3.68. The number of piperidine rings is 1. The van der Waals surface area contributed by atoms with E-state index in [1.807, 2.05) is 29.8 Å². The second-order valence-electron chi connectivity index (χ2n) is 10.3. The topological polar surface area (TPSA) is 98.0 Å². The van der Waals surface area contributed by atoms with Crippen molar-refractivity contribution in [3.05, 3.63) is 59.8 Å². The van der Waals surface area contributed by atoms with Gasteiger partial charge in [-0.25, -0.2) is 0 Å². The lowest BCUT2D eigenvalue weighted by atomic mass is 10.0. The molecule has 42 heavy (non-hydrogen) atoms. The van der Waals surface area contributed by atoms with E-state index in [-0.39, 0.29) is 5.57 Å². The number of amides is 1. The smallest absolute Gasteiger partial charge is 0.262 e. The van der Waals surface area contributed by atoms with Gasteiger partial charge in [-0.1, -0.05) is 18.2 Å². The molecule has 1 fully saturated rings. The van der Waals surface area contributed by atoms with Gasteiger partial charge in [0, 0.05) is 50.9 Å². The molecule has 1 aromatic heterocycles. The summed E-state index contributed by atoms with van der Waals surface area (Å²) >= 11 is 0. The van der Waals surface area contributed by atoms with Crippen LogP contribution in [0, 0.1) is 11.3 Å². The van der Waals surface area contributed by atoms with Gasteiger partial charge in [0.15, 0.2) is 0 Å². The second kappa shape index (κ2) is 16.7. The quantitative estimate of drug-likeness (QED) is 0.152. The van der Waals surface area contributed by atoms with Gasteiger partial charge in [0.25, 0.3) is 5.91 Å². The van der Waals surface area contributed by atoms with Crippen LogP contribution in [-0.2, 0) is 30.8 Å². The van der Waals surface area contributed by atoms with Crippen LogP contribution in [0.15, 0.2) is 54.1 Å². The largest absolute Gasteiger partial charge is 0.382 e. The van der Waals surface area contributed by atoms with Crippen molar-refractivity contribution in [1.29, 1.82) is 5.26 Å². The molecule has 0 atom stereocenters. The van der Waals surface area contributed by atoms with Gasteiger partial charge in [-0.05, 0) is 72.0 Å². The number of nitrogens with zero attached hydrogens (tertiary/aromatic N) is 3. The highest BCUT2D eigenvalue weighted by Crippen LogP contribution is 2.30. The van der Waals surface area contributed by atoms with E-state index in [0.29, 0.717) is 52.8 Å². The second-order valence-corrected chi connectivity index (χ2v) is 10.3. The van der Waals surface area contributed by atoms with Crippen molar-refractivity contribution in [2.45, 2.75) is 19.3 Å². The van der Waals surface area contributed by atoms with Gasteiger partial charge in [-0.3, -0.25) is 4.79 Å². The number of nitriles is 1. The highest BCUT2D eigenvalue weighted by molar-refractivity contribution is 6.01. The van der Waals surface area contributed by atoms with E-state index in [1.54, 1.807) is 13.2 Å². The number of aromatic nitrogens is 1. The minimum Gasteiger partial charge on any atom is -0.382 e. The van der Waals surface area contributed by atoms with Crippen LogP contribution in [0.1, 0.15) is 25.0 Å². The maximum Gasteiger partial charge on any atom is 0.262 e. The van der Waals surface area contributed by atoms with Crippen LogP contribution in [0.4, 0.5) is 5.69 Å². The van der Waals surface area contributed by atoms with E-state index < -0.39 is 5.91 Å². The SMILES string of the molecule is COCCOCCOCCOCCNC(=O)/C(C#N)=C/c1ccc(-c2ccc3cc(N4CCCCC4)ccc3c2)n1C. The number of benzene rings is 2. The van der Waals surface area contributed by atoms with Crippen LogP contribution in [0.3, 0.4) is 0 Å². The predicted molar refractivity (Wildman–Crippen MR) is 165 cm³/mol. The Morgan fingerprint density at radius 3 is 2.26 bits per heavy atom. The Balaban J connectivity index is 1.27. The van der Waals surface area contributed by atoms with Crippen LogP contribution in [0.2, 0.25) is 0 Å². The maximum absolute atomic E-state index is 12.6. The molecule has 0 radical (unpaired) electrons. The van der Waals surface area contributed by atoms with Crippen LogP contribution in [0.25, 0.3) is 28.1 Å². The molecule has 224 valence electrons. The van der Waals surface area contributed by atoms with E-state index in [9.17, 15) is 10.1 Å². The fourth-order valence-corrected chi connectivity index (χ4v) is 5.02. The Morgan fingerprint density at radius 2 is 1.55 bits per heavy atom. The number of carbonyl (C=O) groups excluding carboxylic acids is 1. The lowest BCUT2D eigenvalue weighted by Crippen LogP contribution is -2.29. The van der Waals surface area contributed by atoms with E-state index in [1.165, 1.54) is 35.7 Å². The number of carbonyl (C=O) groups is 1. The normalized spacial score (nSPS) is 13.8. The first-order valence-electron chi connectivity index (χ1n) is 14.7. The molecule has 0 bridgehead atoms. The van der Waals surface area contributed by atoms with Crippen molar-refractivity contribution < 1.29 is 23.7 Å². The summed E-state index contributed by atoms with van der Waals surface area (Å²) in [5, 5.41) is 14.8. The Bertz CT molecular complexity index is 1370. The maximum atomic E-state index is 12.6. The van der Waals surface area contributed by atoms with Crippen LogP contribution < -0.4 is 10.2 Å². The zero-order valence-corrected chi connectivity index (χ0v) is 24.8. The van der Waals surface area contributed by atoms with E-state index >= 15 is 0 Å². The number of rotatable bonds is 16. The molecule has 3 aromatic rings. The standard InChI is InChI=1S/C33H42N4O5/c1-36-30(24-29(25-34)33(38)35-12-15-40-18-19-42-21-20-41-17-16-39-2)10-11-32(36)28-7-6-27-23-31(9-8-26(27)22-28)37-13-4-3-5-14-37/h6-11,22-24H,3-5,12-21H2,1-2H3,(H,35,38)/b29-24+. The molecule has 0 spiro atoms. The number of anilines is 1. The molecule has 0 unspecified atom stereocenters. The molecule has 1 saturated heterocycles. The third-order valence-electron chi connectivity index (χ3n) is 7.37. The highest BCUT2D eigenvalue weighted by atomic mass is 16.6. The number of fused-ring (bicyclic) bond motifs is 1. The van der Waals surface area contributed by atoms with Gasteiger partial charge in [0.1, 0.15) is 11.6 Å².